The van der Waals surface area contributed by atoms with E-state index >= 15 is 0 Å². The van der Waals surface area contributed by atoms with Crippen molar-refractivity contribution in [3.8, 4) is 0 Å². The van der Waals surface area contributed by atoms with Crippen LogP contribution in [0.1, 0.15) is 19.3 Å². The lowest BCUT2D eigenvalue weighted by Gasteiger charge is -2.10. The van der Waals surface area contributed by atoms with Gasteiger partial charge in [-0.15, -0.1) is 10.2 Å². The second kappa shape index (κ2) is 4.73. The van der Waals surface area contributed by atoms with E-state index in [1.165, 1.54) is 0 Å². The van der Waals surface area contributed by atoms with E-state index in [4.69, 9.17) is 5.73 Å². The Kier molecular flexibility index (Phi) is 3.33. The van der Waals surface area contributed by atoms with E-state index in [1.807, 2.05) is 7.05 Å². The van der Waals surface area contributed by atoms with Gasteiger partial charge in [0.15, 0.2) is 5.16 Å². The van der Waals surface area contributed by atoms with Crippen molar-refractivity contribution in [1.29, 1.82) is 0 Å². The molecular formula is C9H15N5OS. The molecule has 0 bridgehead atoms. The van der Waals surface area contributed by atoms with Crippen LogP contribution in [-0.2, 0) is 11.8 Å². The van der Waals surface area contributed by atoms with Crippen LogP contribution in [0.15, 0.2) is 5.16 Å². The maximum Gasteiger partial charge on any atom is 0.222 e. The zero-order valence-electron chi connectivity index (χ0n) is 9.14. The molecule has 1 fully saturated rings. The molecule has 1 saturated heterocycles. The number of carbonyl (C=O) groups is 1. The van der Waals surface area contributed by atoms with Crippen molar-refractivity contribution in [2.45, 2.75) is 29.7 Å². The van der Waals surface area contributed by atoms with Crippen LogP contribution in [0.5, 0.6) is 0 Å². The highest BCUT2D eigenvalue weighted by atomic mass is 32.2. The van der Waals surface area contributed by atoms with Crippen LogP contribution in [0.3, 0.4) is 0 Å². The summed E-state index contributed by atoms with van der Waals surface area (Å²) < 4.78 is 1.74. The first-order valence-electron chi connectivity index (χ1n) is 5.25. The lowest BCUT2D eigenvalue weighted by atomic mass is 10.2. The third-order valence-electron chi connectivity index (χ3n) is 2.58. The molecule has 88 valence electrons. The molecule has 0 saturated carbocycles. The normalized spacial score (nSPS) is 21.6. The fraction of sp³-hybridized carbons (Fsp3) is 0.667. The summed E-state index contributed by atoms with van der Waals surface area (Å²) in [5.74, 6) is 0.519. The van der Waals surface area contributed by atoms with Gasteiger partial charge in [0.05, 0.1) is 0 Å². The van der Waals surface area contributed by atoms with Crippen LogP contribution in [0, 0.1) is 0 Å². The number of nitrogen functional groups attached to an aromatic ring is 1. The summed E-state index contributed by atoms with van der Waals surface area (Å²) in [6.07, 6.45) is 2.56. The first kappa shape index (κ1) is 11.3. The van der Waals surface area contributed by atoms with Gasteiger partial charge in [-0.05, 0) is 12.8 Å². The van der Waals surface area contributed by atoms with Crippen LogP contribution < -0.4 is 11.1 Å². The maximum atomic E-state index is 11.4. The van der Waals surface area contributed by atoms with Crippen LogP contribution in [0.2, 0.25) is 0 Å². The SMILES string of the molecule is Cn1c(N)nnc1SC1CCCNC(=O)C1. The van der Waals surface area contributed by atoms with Gasteiger partial charge in [0.1, 0.15) is 0 Å². The minimum absolute atomic E-state index is 0.116. The standard InChI is InChI=1S/C9H15N5OS/c1-14-8(10)12-13-9(14)16-6-3-2-4-11-7(15)5-6/h6H,2-5H2,1H3,(H2,10,12)(H,11,15). The number of nitrogens with two attached hydrogens (primary N) is 1. The van der Waals surface area contributed by atoms with Crippen molar-refractivity contribution >= 4 is 23.6 Å². The predicted octanol–water partition coefficient (Wildman–Crippen LogP) is 0.158. The minimum Gasteiger partial charge on any atom is -0.368 e. The van der Waals surface area contributed by atoms with E-state index in [0.717, 1.165) is 24.5 Å². The molecule has 0 spiro atoms. The van der Waals surface area contributed by atoms with Gasteiger partial charge in [0.25, 0.3) is 0 Å². The number of nitrogens with zero attached hydrogens (tertiary/aromatic N) is 3. The van der Waals surface area contributed by atoms with Crippen molar-refractivity contribution in [2.24, 2.45) is 7.05 Å². The van der Waals surface area contributed by atoms with Crippen LogP contribution in [0.4, 0.5) is 5.95 Å². The number of carbonyl (C=O) groups excluding carboxylic acids is 1. The number of nitrogens with one attached hydrogen (secondary N) is 1. The predicted molar refractivity (Wildman–Crippen MR) is 61.9 cm³/mol. The summed E-state index contributed by atoms with van der Waals surface area (Å²) in [6.45, 7) is 0.775. The van der Waals surface area contributed by atoms with Crippen LogP contribution >= 0.6 is 11.8 Å². The highest BCUT2D eigenvalue weighted by Crippen LogP contribution is 2.28. The van der Waals surface area contributed by atoms with E-state index in [1.54, 1.807) is 16.3 Å². The second-order valence-corrected chi connectivity index (χ2v) is 5.10. The Labute approximate surface area is 98.0 Å². The van der Waals surface area contributed by atoms with Gasteiger partial charge < -0.3 is 11.1 Å². The lowest BCUT2D eigenvalue weighted by molar-refractivity contribution is -0.120. The average Bonchev–Trinajstić information content (AvgIpc) is 2.48. The minimum atomic E-state index is 0.116. The monoisotopic (exact) mass is 241 g/mol. The summed E-state index contributed by atoms with van der Waals surface area (Å²) in [5, 5.41) is 11.7. The van der Waals surface area contributed by atoms with Crippen molar-refractivity contribution in [2.75, 3.05) is 12.3 Å². The van der Waals surface area contributed by atoms with Crippen molar-refractivity contribution in [3.63, 3.8) is 0 Å². The zero-order valence-corrected chi connectivity index (χ0v) is 9.96. The third kappa shape index (κ3) is 2.46. The molecule has 2 heterocycles. The number of anilines is 1. The van der Waals surface area contributed by atoms with Crippen molar-refractivity contribution in [1.82, 2.24) is 20.1 Å². The topological polar surface area (TPSA) is 85.8 Å². The Morgan fingerprint density at radius 2 is 2.38 bits per heavy atom. The maximum absolute atomic E-state index is 11.4. The molecule has 2 rings (SSSR count). The molecule has 0 aliphatic carbocycles. The zero-order chi connectivity index (χ0) is 11.5. The van der Waals surface area contributed by atoms with Gasteiger partial charge >= 0.3 is 0 Å². The fourth-order valence-electron chi connectivity index (χ4n) is 1.62. The van der Waals surface area contributed by atoms with E-state index in [0.29, 0.717) is 12.4 Å². The molecule has 0 aromatic carbocycles. The fourth-order valence-corrected chi connectivity index (χ4v) is 2.77. The summed E-state index contributed by atoms with van der Waals surface area (Å²) in [6, 6.07) is 0. The van der Waals surface area contributed by atoms with Gasteiger partial charge in [-0.25, -0.2) is 0 Å². The molecule has 1 unspecified atom stereocenters. The third-order valence-corrected chi connectivity index (χ3v) is 3.88. The smallest absolute Gasteiger partial charge is 0.222 e. The molecule has 1 amide bonds. The molecule has 0 radical (unpaired) electrons. The average molecular weight is 241 g/mol. The molecule has 1 aliphatic rings. The number of hydrogen-bond donors (Lipinski definition) is 2. The molecule has 1 aromatic rings. The molecule has 7 heteroatoms. The van der Waals surface area contributed by atoms with Gasteiger partial charge in [0.2, 0.25) is 11.9 Å². The Morgan fingerprint density at radius 1 is 1.56 bits per heavy atom. The molecular weight excluding hydrogens is 226 g/mol. The quantitative estimate of drug-likeness (QED) is 0.770. The second-order valence-electron chi connectivity index (χ2n) is 3.84. The first-order chi connectivity index (χ1) is 7.66. The van der Waals surface area contributed by atoms with Gasteiger partial charge in [0, 0.05) is 25.3 Å². The van der Waals surface area contributed by atoms with Gasteiger partial charge in [-0.2, -0.15) is 0 Å². The largest absolute Gasteiger partial charge is 0.368 e. The molecule has 1 aliphatic heterocycles. The highest BCUT2D eigenvalue weighted by molar-refractivity contribution is 7.99. The molecule has 3 N–H and O–H groups in total. The highest BCUT2D eigenvalue weighted by Gasteiger charge is 2.20. The van der Waals surface area contributed by atoms with E-state index < -0.39 is 0 Å². The number of hydrogen-bond acceptors (Lipinski definition) is 5. The Balaban J connectivity index is 2.03. The first-order valence-corrected chi connectivity index (χ1v) is 6.13. The van der Waals surface area contributed by atoms with Crippen LogP contribution in [-0.4, -0.2) is 32.5 Å². The number of rotatable bonds is 2. The van der Waals surface area contributed by atoms with Gasteiger partial charge in [-0.3, -0.25) is 9.36 Å². The lowest BCUT2D eigenvalue weighted by Crippen LogP contribution is -2.22. The number of thioether (sulfide) groups is 1. The summed E-state index contributed by atoms with van der Waals surface area (Å²) in [4.78, 5) is 11.4. The van der Waals surface area contributed by atoms with Crippen LogP contribution in [0.25, 0.3) is 0 Å². The number of amides is 1. The van der Waals surface area contributed by atoms with E-state index in [-0.39, 0.29) is 11.2 Å². The van der Waals surface area contributed by atoms with E-state index in [2.05, 4.69) is 15.5 Å². The van der Waals surface area contributed by atoms with E-state index in [9.17, 15) is 4.79 Å². The Hall–Kier alpha value is -1.24. The summed E-state index contributed by atoms with van der Waals surface area (Å²) in [7, 11) is 1.83. The Bertz CT molecular complexity index is 391. The van der Waals surface area contributed by atoms with Crippen molar-refractivity contribution in [3.05, 3.63) is 0 Å². The van der Waals surface area contributed by atoms with Gasteiger partial charge in [-0.1, -0.05) is 11.8 Å². The number of aromatic nitrogens is 3. The molecule has 16 heavy (non-hydrogen) atoms. The molecule has 6 nitrogen and oxygen atoms in total. The summed E-state index contributed by atoms with van der Waals surface area (Å²) >= 11 is 1.58. The Morgan fingerprint density at radius 3 is 3.06 bits per heavy atom. The molecule has 1 atom stereocenters. The summed E-state index contributed by atoms with van der Waals surface area (Å²) in [5.41, 5.74) is 5.60. The van der Waals surface area contributed by atoms with Crippen molar-refractivity contribution < 1.29 is 4.79 Å². The molecule has 1 aromatic heterocycles.